The molecule has 0 aliphatic carbocycles. The minimum Gasteiger partial charge on any atom is -0.547 e. The van der Waals surface area contributed by atoms with Gasteiger partial charge in [-0.25, -0.2) is 0 Å². The number of hydrogen-bond donors (Lipinski definition) is 3. The average Bonchev–Trinajstić information content (AvgIpc) is 1.95. The topological polar surface area (TPSA) is 125 Å². The maximum Gasteiger partial charge on any atom is 0.306 e. The molecule has 0 aliphatic rings. The van der Waals surface area contributed by atoms with Crippen molar-refractivity contribution in [2.24, 2.45) is 5.41 Å². The summed E-state index contributed by atoms with van der Waals surface area (Å²) in [6.45, 7) is 11.1. The molecule has 0 aromatic carbocycles. The molecule has 6 nitrogen and oxygen atoms in total. The predicted octanol–water partition coefficient (Wildman–Crippen LogP) is -0.985. The molecule has 0 spiro atoms. The minimum atomic E-state index is -1.90. The Balaban J connectivity index is 0. The van der Waals surface area contributed by atoms with Crippen LogP contribution in [0.15, 0.2) is 0 Å². The number of aliphatic carboxylic acids is 2. The maximum atomic E-state index is 9.66. The van der Waals surface area contributed by atoms with E-state index < -0.39 is 24.5 Å². The molecule has 0 radical (unpaired) electrons. The summed E-state index contributed by atoms with van der Waals surface area (Å²) < 4.78 is 0. The Morgan fingerprint density at radius 3 is 1.67 bits per heavy atom. The highest BCUT2D eigenvalue weighted by Gasteiger charge is 2.23. The van der Waals surface area contributed by atoms with Crippen molar-refractivity contribution >= 4 is 11.9 Å². The number of carbonyl (C=O) groups is 2. The van der Waals surface area contributed by atoms with Crippen LogP contribution in [0, 0.1) is 5.41 Å². The molecule has 18 heavy (non-hydrogen) atoms. The molecule has 0 fully saturated rings. The van der Waals surface area contributed by atoms with E-state index in [-0.39, 0.29) is 5.54 Å². The molecule has 0 amide bonds. The quantitative estimate of drug-likeness (QED) is 0.600. The minimum absolute atomic E-state index is 0.234. The van der Waals surface area contributed by atoms with Gasteiger partial charge in [-0.3, -0.25) is 4.79 Å². The number of quaternary nitrogens is 1. The molecule has 0 aromatic heterocycles. The molecular formula is C12H25NO5. The van der Waals surface area contributed by atoms with E-state index in [1.54, 1.807) is 0 Å². The van der Waals surface area contributed by atoms with E-state index in [1.165, 1.54) is 6.42 Å². The average molecular weight is 263 g/mol. The van der Waals surface area contributed by atoms with Crippen molar-refractivity contribution in [1.29, 1.82) is 0 Å². The second-order valence-corrected chi connectivity index (χ2v) is 6.33. The van der Waals surface area contributed by atoms with Crippen LogP contribution >= 0.6 is 0 Å². The van der Waals surface area contributed by atoms with E-state index in [2.05, 4.69) is 40.4 Å². The van der Waals surface area contributed by atoms with Gasteiger partial charge in [-0.15, -0.1) is 0 Å². The summed E-state index contributed by atoms with van der Waals surface area (Å²) in [5, 5.41) is 25.7. The number of carbonyl (C=O) groups excluding carboxylic acids is 1. The summed E-state index contributed by atoms with van der Waals surface area (Å²) in [5.41, 5.74) is 4.71. The van der Waals surface area contributed by atoms with E-state index in [9.17, 15) is 14.7 Å². The summed E-state index contributed by atoms with van der Waals surface area (Å²) >= 11 is 0. The van der Waals surface area contributed by atoms with Gasteiger partial charge in [0.1, 0.15) is 6.10 Å². The molecule has 0 aromatic rings. The van der Waals surface area contributed by atoms with Crippen LogP contribution in [0.25, 0.3) is 0 Å². The molecule has 0 bridgehead atoms. The third-order valence-corrected chi connectivity index (χ3v) is 1.65. The monoisotopic (exact) mass is 263 g/mol. The van der Waals surface area contributed by atoms with Crippen molar-refractivity contribution in [2.45, 2.75) is 59.1 Å². The number of aliphatic hydroxyl groups is 1. The van der Waals surface area contributed by atoms with Crippen LogP contribution in [0.5, 0.6) is 0 Å². The lowest BCUT2D eigenvalue weighted by Crippen LogP contribution is -2.70. The van der Waals surface area contributed by atoms with Crippen LogP contribution in [0.1, 0.15) is 47.5 Å². The van der Waals surface area contributed by atoms with E-state index in [4.69, 9.17) is 10.2 Å². The summed E-state index contributed by atoms with van der Waals surface area (Å²) in [7, 11) is 0. The summed E-state index contributed by atoms with van der Waals surface area (Å²) in [6, 6.07) is 0. The van der Waals surface area contributed by atoms with Crippen LogP contribution in [-0.4, -0.2) is 33.8 Å². The first-order valence-electron chi connectivity index (χ1n) is 5.71. The van der Waals surface area contributed by atoms with Gasteiger partial charge in [-0.05, 0) is 19.3 Å². The Kier molecular flexibility index (Phi) is 7.82. The number of aliphatic hydroxyl groups excluding tert-OH is 1. The predicted molar refractivity (Wildman–Crippen MR) is 64.3 cm³/mol. The lowest BCUT2D eigenvalue weighted by molar-refractivity contribution is -0.470. The van der Waals surface area contributed by atoms with Gasteiger partial charge in [0.25, 0.3) is 0 Å². The molecule has 0 heterocycles. The van der Waals surface area contributed by atoms with Crippen molar-refractivity contribution in [2.75, 3.05) is 0 Å². The zero-order valence-electron chi connectivity index (χ0n) is 11.8. The Morgan fingerprint density at radius 2 is 1.61 bits per heavy atom. The van der Waals surface area contributed by atoms with Crippen LogP contribution in [-0.2, 0) is 9.59 Å². The highest BCUT2D eigenvalue weighted by atomic mass is 16.4. The van der Waals surface area contributed by atoms with Gasteiger partial charge in [0.2, 0.25) is 0 Å². The van der Waals surface area contributed by atoms with E-state index in [0.717, 1.165) is 0 Å². The van der Waals surface area contributed by atoms with E-state index in [0.29, 0.717) is 5.41 Å². The smallest absolute Gasteiger partial charge is 0.306 e. The summed E-state index contributed by atoms with van der Waals surface area (Å²) in [6.07, 6.45) is -1.54. The number of rotatable bonds is 4. The Hall–Kier alpha value is -1.14. The van der Waals surface area contributed by atoms with Gasteiger partial charge in [0.05, 0.1) is 17.9 Å². The molecular weight excluding hydrogens is 238 g/mol. The van der Waals surface area contributed by atoms with Gasteiger partial charge in [0, 0.05) is 6.42 Å². The summed E-state index contributed by atoms with van der Waals surface area (Å²) in [5.74, 6) is -3.14. The highest BCUT2D eigenvalue weighted by Crippen LogP contribution is 2.23. The van der Waals surface area contributed by atoms with Crippen LogP contribution in [0.2, 0.25) is 0 Å². The second kappa shape index (κ2) is 7.33. The Morgan fingerprint density at radius 1 is 1.22 bits per heavy atom. The fourth-order valence-corrected chi connectivity index (χ4v) is 1.68. The van der Waals surface area contributed by atoms with Gasteiger partial charge in [0.15, 0.2) is 0 Å². The Labute approximate surface area is 108 Å². The molecule has 0 saturated carbocycles. The third-order valence-electron chi connectivity index (χ3n) is 1.65. The molecule has 0 aliphatic heterocycles. The van der Waals surface area contributed by atoms with Gasteiger partial charge in [-0.1, -0.05) is 20.8 Å². The third kappa shape index (κ3) is 17.3. The molecule has 0 unspecified atom stereocenters. The first-order chi connectivity index (χ1) is 7.74. The molecule has 1 atom stereocenters. The van der Waals surface area contributed by atoms with Crippen molar-refractivity contribution in [3.8, 4) is 0 Å². The van der Waals surface area contributed by atoms with Crippen molar-refractivity contribution in [3.05, 3.63) is 0 Å². The number of carboxylic acids is 2. The lowest BCUT2D eigenvalue weighted by atomic mass is 9.82. The van der Waals surface area contributed by atoms with Gasteiger partial charge in [-0.2, -0.15) is 0 Å². The fraction of sp³-hybridized carbons (Fsp3) is 0.833. The lowest BCUT2D eigenvalue weighted by Gasteiger charge is -2.25. The van der Waals surface area contributed by atoms with E-state index in [1.807, 2.05) is 0 Å². The normalized spacial score (nSPS) is 13.3. The van der Waals surface area contributed by atoms with Crippen LogP contribution < -0.4 is 10.8 Å². The standard InChI is InChI=1S/C8H19N.C4H6O5/c1-7(2,3)6-8(4,5)9;5-2(4(8)9)1-3(6)7/h6,9H2,1-5H3;2,5H,1H2,(H,6,7)(H,8,9)/t;2-/m.0/s1. The molecule has 0 rings (SSSR count). The first-order valence-corrected chi connectivity index (χ1v) is 5.71. The van der Waals surface area contributed by atoms with Crippen LogP contribution in [0.3, 0.4) is 0 Å². The van der Waals surface area contributed by atoms with Crippen LogP contribution in [0.4, 0.5) is 0 Å². The zero-order chi connectivity index (χ0) is 15.1. The molecule has 108 valence electrons. The summed E-state index contributed by atoms with van der Waals surface area (Å²) in [4.78, 5) is 19.3. The Bertz CT molecular complexity index is 263. The van der Waals surface area contributed by atoms with Gasteiger partial charge >= 0.3 is 5.97 Å². The zero-order valence-corrected chi connectivity index (χ0v) is 11.8. The molecule has 5 N–H and O–H groups in total. The SMILES string of the molecule is CC(C)(C)CC(C)(C)[NH3+].O=C(O)C[C@H](O)C(=O)[O-]. The van der Waals surface area contributed by atoms with Crippen molar-refractivity contribution in [1.82, 2.24) is 0 Å². The number of carboxylic acid groups (broad SMARTS) is 2. The maximum absolute atomic E-state index is 9.66. The van der Waals surface area contributed by atoms with Crippen molar-refractivity contribution < 1.29 is 30.6 Å². The molecule has 6 heteroatoms. The highest BCUT2D eigenvalue weighted by molar-refractivity contribution is 5.77. The first kappa shape index (κ1) is 19.2. The second-order valence-electron chi connectivity index (χ2n) is 6.33. The van der Waals surface area contributed by atoms with E-state index >= 15 is 0 Å². The largest absolute Gasteiger partial charge is 0.547 e. The fourth-order valence-electron chi connectivity index (χ4n) is 1.68. The van der Waals surface area contributed by atoms with Crippen molar-refractivity contribution in [3.63, 3.8) is 0 Å². The van der Waals surface area contributed by atoms with Gasteiger partial charge < -0.3 is 25.8 Å². The molecule has 0 saturated heterocycles. The number of hydrogen-bond acceptors (Lipinski definition) is 4.